The Labute approximate surface area is 96.8 Å². The molecule has 4 heteroatoms. The number of aromatic nitrogens is 1. The first-order valence-corrected chi connectivity index (χ1v) is 5.74. The molecule has 0 aliphatic carbocycles. The standard InChI is InChI=1S/C12H21N3O/c1-3-6-12(2,13)11(16)14-7-10-15-8-4-5-9-15/h4-5,8-9H,3,6-7,10,13H2,1-2H3,(H,14,16). The first kappa shape index (κ1) is 12.8. The summed E-state index contributed by atoms with van der Waals surface area (Å²) < 4.78 is 2.02. The number of nitrogens with one attached hydrogen (secondary N) is 1. The van der Waals surface area contributed by atoms with E-state index in [0.29, 0.717) is 13.0 Å². The first-order chi connectivity index (χ1) is 7.56. The van der Waals surface area contributed by atoms with Crippen LogP contribution in [0.1, 0.15) is 26.7 Å². The van der Waals surface area contributed by atoms with Crippen molar-refractivity contribution in [3.05, 3.63) is 24.5 Å². The van der Waals surface area contributed by atoms with Crippen LogP contribution in [0.15, 0.2) is 24.5 Å². The third-order valence-corrected chi connectivity index (χ3v) is 2.61. The van der Waals surface area contributed by atoms with Crippen LogP contribution in [0.5, 0.6) is 0 Å². The maximum atomic E-state index is 11.7. The fraction of sp³-hybridized carbons (Fsp3) is 0.583. The summed E-state index contributed by atoms with van der Waals surface area (Å²) in [6, 6.07) is 3.93. The minimum absolute atomic E-state index is 0.0680. The second kappa shape index (κ2) is 5.70. The maximum Gasteiger partial charge on any atom is 0.239 e. The number of nitrogens with zero attached hydrogens (tertiary/aromatic N) is 1. The van der Waals surface area contributed by atoms with Gasteiger partial charge in [-0.2, -0.15) is 0 Å². The van der Waals surface area contributed by atoms with Crippen molar-refractivity contribution in [2.45, 2.75) is 38.8 Å². The van der Waals surface area contributed by atoms with Crippen molar-refractivity contribution in [1.29, 1.82) is 0 Å². The summed E-state index contributed by atoms with van der Waals surface area (Å²) in [6.07, 6.45) is 5.57. The normalized spacial score (nSPS) is 14.4. The highest BCUT2D eigenvalue weighted by molar-refractivity contribution is 5.85. The molecule has 3 N–H and O–H groups in total. The molecule has 1 rings (SSSR count). The van der Waals surface area contributed by atoms with E-state index in [0.717, 1.165) is 13.0 Å². The molecule has 0 spiro atoms. The molecule has 1 amide bonds. The van der Waals surface area contributed by atoms with Gasteiger partial charge in [0.15, 0.2) is 0 Å². The van der Waals surface area contributed by atoms with E-state index in [1.165, 1.54) is 0 Å². The number of nitrogens with two attached hydrogens (primary N) is 1. The van der Waals surface area contributed by atoms with Crippen LogP contribution >= 0.6 is 0 Å². The van der Waals surface area contributed by atoms with E-state index in [2.05, 4.69) is 5.32 Å². The van der Waals surface area contributed by atoms with Gasteiger partial charge in [0, 0.05) is 25.5 Å². The number of amides is 1. The van der Waals surface area contributed by atoms with E-state index in [-0.39, 0.29) is 5.91 Å². The fourth-order valence-electron chi connectivity index (χ4n) is 1.65. The lowest BCUT2D eigenvalue weighted by Crippen LogP contribution is -2.52. The van der Waals surface area contributed by atoms with Crippen molar-refractivity contribution < 1.29 is 4.79 Å². The summed E-state index contributed by atoms with van der Waals surface area (Å²) >= 11 is 0. The van der Waals surface area contributed by atoms with Crippen LogP contribution in [0.3, 0.4) is 0 Å². The SMILES string of the molecule is CCCC(C)(N)C(=O)NCCn1cccc1. The number of carbonyl (C=O) groups is 1. The van der Waals surface area contributed by atoms with Gasteiger partial charge in [0.1, 0.15) is 0 Å². The van der Waals surface area contributed by atoms with Gasteiger partial charge in [-0.15, -0.1) is 0 Å². The molecular formula is C12H21N3O. The smallest absolute Gasteiger partial charge is 0.239 e. The van der Waals surface area contributed by atoms with Crippen molar-refractivity contribution in [1.82, 2.24) is 9.88 Å². The quantitative estimate of drug-likeness (QED) is 0.759. The number of rotatable bonds is 6. The molecule has 1 atom stereocenters. The Bertz CT molecular complexity index is 317. The van der Waals surface area contributed by atoms with E-state index in [9.17, 15) is 4.79 Å². The van der Waals surface area contributed by atoms with Gasteiger partial charge in [-0.25, -0.2) is 0 Å². The number of carbonyl (C=O) groups excluding carboxylic acids is 1. The third-order valence-electron chi connectivity index (χ3n) is 2.61. The third kappa shape index (κ3) is 3.70. The second-order valence-corrected chi connectivity index (χ2v) is 4.34. The molecule has 0 aromatic carbocycles. The summed E-state index contributed by atoms with van der Waals surface area (Å²) in [5, 5.41) is 2.86. The summed E-state index contributed by atoms with van der Waals surface area (Å²) in [6.45, 7) is 5.20. The van der Waals surface area contributed by atoms with E-state index < -0.39 is 5.54 Å². The van der Waals surface area contributed by atoms with Gasteiger partial charge in [-0.1, -0.05) is 13.3 Å². The molecule has 0 saturated carbocycles. The predicted molar refractivity (Wildman–Crippen MR) is 64.9 cm³/mol. The Hall–Kier alpha value is -1.29. The molecule has 0 radical (unpaired) electrons. The number of hydrogen-bond acceptors (Lipinski definition) is 2. The van der Waals surface area contributed by atoms with Crippen LogP contribution in [0.2, 0.25) is 0 Å². The van der Waals surface area contributed by atoms with E-state index in [4.69, 9.17) is 5.73 Å². The largest absolute Gasteiger partial charge is 0.353 e. The Balaban J connectivity index is 2.30. The highest BCUT2D eigenvalue weighted by Gasteiger charge is 2.26. The van der Waals surface area contributed by atoms with Crippen LogP contribution in [-0.4, -0.2) is 22.6 Å². The molecule has 0 aliphatic rings. The van der Waals surface area contributed by atoms with Gasteiger partial charge >= 0.3 is 0 Å². The molecule has 0 saturated heterocycles. The van der Waals surface area contributed by atoms with Gasteiger partial charge in [0.2, 0.25) is 5.91 Å². The van der Waals surface area contributed by atoms with Crippen molar-refractivity contribution in [2.24, 2.45) is 5.73 Å². The molecule has 1 heterocycles. The van der Waals surface area contributed by atoms with Gasteiger partial charge in [-0.3, -0.25) is 4.79 Å². The molecule has 90 valence electrons. The summed E-state index contributed by atoms with van der Waals surface area (Å²) in [5.41, 5.74) is 5.17. The van der Waals surface area contributed by atoms with Crippen LogP contribution < -0.4 is 11.1 Å². The van der Waals surface area contributed by atoms with Crippen molar-refractivity contribution in [2.75, 3.05) is 6.54 Å². The van der Waals surface area contributed by atoms with Gasteiger partial charge in [-0.05, 0) is 25.5 Å². The van der Waals surface area contributed by atoms with Crippen LogP contribution in [0.25, 0.3) is 0 Å². The predicted octanol–water partition coefficient (Wildman–Crippen LogP) is 1.12. The topological polar surface area (TPSA) is 60.1 Å². The van der Waals surface area contributed by atoms with E-state index >= 15 is 0 Å². The van der Waals surface area contributed by atoms with Gasteiger partial charge < -0.3 is 15.6 Å². The van der Waals surface area contributed by atoms with Crippen molar-refractivity contribution in [3.63, 3.8) is 0 Å². The van der Waals surface area contributed by atoms with Crippen LogP contribution in [-0.2, 0) is 11.3 Å². The molecule has 16 heavy (non-hydrogen) atoms. The molecule has 0 bridgehead atoms. The van der Waals surface area contributed by atoms with Crippen LogP contribution in [0.4, 0.5) is 0 Å². The summed E-state index contributed by atoms with van der Waals surface area (Å²) in [4.78, 5) is 11.7. The first-order valence-electron chi connectivity index (χ1n) is 5.74. The molecule has 1 unspecified atom stereocenters. The van der Waals surface area contributed by atoms with Gasteiger partial charge in [0.25, 0.3) is 0 Å². The lowest BCUT2D eigenvalue weighted by Gasteiger charge is -2.22. The van der Waals surface area contributed by atoms with E-state index in [1.807, 2.05) is 36.0 Å². The second-order valence-electron chi connectivity index (χ2n) is 4.34. The zero-order chi connectivity index (χ0) is 12.0. The molecule has 0 fully saturated rings. The minimum atomic E-state index is -0.745. The fourth-order valence-corrected chi connectivity index (χ4v) is 1.65. The zero-order valence-electron chi connectivity index (χ0n) is 10.1. The molecule has 0 aliphatic heterocycles. The summed E-state index contributed by atoms with van der Waals surface area (Å²) in [7, 11) is 0. The molecular weight excluding hydrogens is 202 g/mol. The summed E-state index contributed by atoms with van der Waals surface area (Å²) in [5.74, 6) is -0.0680. The van der Waals surface area contributed by atoms with Crippen molar-refractivity contribution >= 4 is 5.91 Å². The minimum Gasteiger partial charge on any atom is -0.353 e. The Morgan fingerprint density at radius 3 is 2.62 bits per heavy atom. The van der Waals surface area contributed by atoms with Crippen molar-refractivity contribution in [3.8, 4) is 0 Å². The van der Waals surface area contributed by atoms with Gasteiger partial charge in [0.05, 0.1) is 5.54 Å². The Morgan fingerprint density at radius 1 is 1.44 bits per heavy atom. The van der Waals surface area contributed by atoms with Crippen LogP contribution in [0, 0.1) is 0 Å². The lowest BCUT2D eigenvalue weighted by atomic mass is 9.97. The lowest BCUT2D eigenvalue weighted by molar-refractivity contribution is -0.126. The maximum absolute atomic E-state index is 11.7. The monoisotopic (exact) mass is 223 g/mol. The average molecular weight is 223 g/mol. The molecule has 4 nitrogen and oxygen atoms in total. The Morgan fingerprint density at radius 2 is 2.06 bits per heavy atom. The molecule has 1 aromatic rings. The highest BCUT2D eigenvalue weighted by Crippen LogP contribution is 2.07. The average Bonchev–Trinajstić information content (AvgIpc) is 2.70. The Kier molecular flexibility index (Phi) is 4.55. The highest BCUT2D eigenvalue weighted by atomic mass is 16.2. The number of hydrogen-bond donors (Lipinski definition) is 2. The van der Waals surface area contributed by atoms with E-state index in [1.54, 1.807) is 6.92 Å². The molecule has 1 aromatic heterocycles. The zero-order valence-corrected chi connectivity index (χ0v) is 10.1.